The second kappa shape index (κ2) is 7.79. The van der Waals surface area contributed by atoms with Crippen LogP contribution in [0.1, 0.15) is 37.0 Å². The maximum absolute atomic E-state index is 12.6. The molecule has 2 unspecified atom stereocenters. The molecule has 7 heteroatoms. The van der Waals surface area contributed by atoms with Crippen LogP contribution in [0.15, 0.2) is 24.3 Å². The minimum atomic E-state index is -3.42. The Bertz CT molecular complexity index is 646. The number of sulfonamides is 1. The van der Waals surface area contributed by atoms with Crippen molar-refractivity contribution in [1.82, 2.24) is 10.6 Å². The number of amides is 1. The molecule has 0 saturated carbocycles. The lowest BCUT2D eigenvalue weighted by atomic mass is 9.95. The van der Waals surface area contributed by atoms with Crippen molar-refractivity contribution in [2.45, 2.75) is 32.7 Å². The van der Waals surface area contributed by atoms with E-state index in [1.807, 2.05) is 0 Å². The van der Waals surface area contributed by atoms with Crippen molar-refractivity contribution in [3.8, 4) is 0 Å². The first-order valence-corrected chi connectivity index (χ1v) is 9.69. The average Bonchev–Trinajstić information content (AvgIpc) is 2.49. The zero-order chi connectivity index (χ0) is 16.9. The normalized spacial score (nSPS) is 21.7. The Morgan fingerprint density at radius 3 is 2.78 bits per heavy atom. The second-order valence-electron chi connectivity index (χ2n) is 6.02. The molecule has 1 aromatic rings. The third-order valence-electron chi connectivity index (χ3n) is 4.01. The molecule has 1 heterocycles. The van der Waals surface area contributed by atoms with Crippen LogP contribution in [-0.4, -0.2) is 39.2 Å². The number of anilines is 1. The van der Waals surface area contributed by atoms with E-state index < -0.39 is 10.0 Å². The highest BCUT2D eigenvalue weighted by molar-refractivity contribution is 7.92. The molecule has 128 valence electrons. The van der Waals surface area contributed by atoms with Crippen molar-refractivity contribution in [3.05, 3.63) is 29.8 Å². The van der Waals surface area contributed by atoms with Crippen LogP contribution in [0, 0.1) is 5.92 Å². The van der Waals surface area contributed by atoms with E-state index in [9.17, 15) is 13.2 Å². The molecule has 1 fully saturated rings. The predicted molar refractivity (Wildman–Crippen MR) is 92.0 cm³/mol. The van der Waals surface area contributed by atoms with Crippen molar-refractivity contribution >= 4 is 21.6 Å². The molecule has 1 saturated heterocycles. The first kappa shape index (κ1) is 17.7. The van der Waals surface area contributed by atoms with Crippen molar-refractivity contribution in [2.75, 3.05) is 23.6 Å². The Morgan fingerprint density at radius 2 is 2.09 bits per heavy atom. The molecule has 0 aromatic heterocycles. The molecule has 1 aliphatic heterocycles. The molecule has 1 amide bonds. The maximum Gasteiger partial charge on any atom is 0.253 e. The van der Waals surface area contributed by atoms with Gasteiger partial charge in [-0.3, -0.25) is 9.52 Å². The quantitative estimate of drug-likeness (QED) is 0.734. The summed E-state index contributed by atoms with van der Waals surface area (Å²) >= 11 is 0. The lowest BCUT2D eigenvalue weighted by Crippen LogP contribution is -2.48. The van der Waals surface area contributed by atoms with Gasteiger partial charge in [0.15, 0.2) is 0 Å². The Kier molecular flexibility index (Phi) is 6.01. The summed E-state index contributed by atoms with van der Waals surface area (Å²) < 4.78 is 26.4. The topological polar surface area (TPSA) is 87.3 Å². The molecular formula is C16H25N3O3S. The van der Waals surface area contributed by atoms with E-state index in [0.29, 0.717) is 23.6 Å². The highest BCUT2D eigenvalue weighted by atomic mass is 32.2. The molecule has 1 aromatic carbocycles. The van der Waals surface area contributed by atoms with E-state index in [-0.39, 0.29) is 17.7 Å². The molecule has 0 bridgehead atoms. The van der Waals surface area contributed by atoms with Crippen molar-refractivity contribution in [1.29, 1.82) is 0 Å². The molecule has 2 rings (SSSR count). The smallest absolute Gasteiger partial charge is 0.253 e. The van der Waals surface area contributed by atoms with E-state index in [1.165, 1.54) is 0 Å². The first-order chi connectivity index (χ1) is 10.9. The number of benzene rings is 1. The molecular weight excluding hydrogens is 314 g/mol. The van der Waals surface area contributed by atoms with Crippen LogP contribution in [0.5, 0.6) is 0 Å². The fraction of sp³-hybridized carbons (Fsp3) is 0.562. The standard InChI is InChI=1S/C16H25N3O3S/c1-3-10-23(21,22)19-15-7-5-4-6-13(15)16(20)18-14-8-9-17-11-12(14)2/h4-7,12,14,17,19H,3,8-11H2,1-2H3,(H,18,20). The number of piperidine rings is 1. The van der Waals surface area contributed by atoms with Gasteiger partial charge >= 0.3 is 0 Å². The molecule has 2 atom stereocenters. The summed E-state index contributed by atoms with van der Waals surface area (Å²) in [5.74, 6) is 0.143. The van der Waals surface area contributed by atoms with Gasteiger partial charge in [0.2, 0.25) is 10.0 Å². The van der Waals surface area contributed by atoms with Crippen LogP contribution >= 0.6 is 0 Å². The predicted octanol–water partition coefficient (Wildman–Crippen LogP) is 1.57. The number of rotatable bonds is 6. The molecule has 0 spiro atoms. The Labute approximate surface area is 138 Å². The van der Waals surface area contributed by atoms with Crippen LogP contribution in [0.2, 0.25) is 0 Å². The number of para-hydroxylation sites is 1. The van der Waals surface area contributed by atoms with E-state index in [4.69, 9.17) is 0 Å². The van der Waals surface area contributed by atoms with E-state index in [0.717, 1.165) is 19.5 Å². The van der Waals surface area contributed by atoms with Crippen LogP contribution in [-0.2, 0) is 10.0 Å². The van der Waals surface area contributed by atoms with Gasteiger partial charge in [0.1, 0.15) is 0 Å². The van der Waals surface area contributed by atoms with Gasteiger partial charge in [-0.25, -0.2) is 8.42 Å². The zero-order valence-corrected chi connectivity index (χ0v) is 14.4. The SMILES string of the molecule is CCCS(=O)(=O)Nc1ccccc1C(=O)NC1CCNCC1C. The van der Waals surface area contributed by atoms with Crippen LogP contribution < -0.4 is 15.4 Å². The Morgan fingerprint density at radius 1 is 1.35 bits per heavy atom. The maximum atomic E-state index is 12.6. The second-order valence-corrected chi connectivity index (χ2v) is 7.86. The summed E-state index contributed by atoms with van der Waals surface area (Å²) in [7, 11) is -3.42. The summed E-state index contributed by atoms with van der Waals surface area (Å²) in [4.78, 5) is 12.6. The van der Waals surface area contributed by atoms with Crippen molar-refractivity contribution < 1.29 is 13.2 Å². The van der Waals surface area contributed by atoms with Crippen LogP contribution in [0.3, 0.4) is 0 Å². The van der Waals surface area contributed by atoms with Crippen molar-refractivity contribution in [3.63, 3.8) is 0 Å². The van der Waals surface area contributed by atoms with E-state index in [1.54, 1.807) is 31.2 Å². The molecule has 23 heavy (non-hydrogen) atoms. The molecule has 0 radical (unpaired) electrons. The summed E-state index contributed by atoms with van der Waals surface area (Å²) in [5.41, 5.74) is 0.693. The molecule has 3 N–H and O–H groups in total. The highest BCUT2D eigenvalue weighted by Crippen LogP contribution is 2.18. The first-order valence-electron chi connectivity index (χ1n) is 8.04. The Hall–Kier alpha value is -1.60. The lowest BCUT2D eigenvalue weighted by Gasteiger charge is -2.30. The fourth-order valence-corrected chi connectivity index (χ4v) is 3.88. The summed E-state index contributed by atoms with van der Waals surface area (Å²) in [5, 5.41) is 6.32. The van der Waals surface area contributed by atoms with Gasteiger partial charge in [0.05, 0.1) is 17.0 Å². The summed E-state index contributed by atoms with van der Waals surface area (Å²) in [6.45, 7) is 5.64. The number of hydrogen-bond donors (Lipinski definition) is 3. The average molecular weight is 339 g/mol. The third-order valence-corrected chi connectivity index (χ3v) is 5.49. The van der Waals surface area contributed by atoms with Gasteiger partial charge in [-0.15, -0.1) is 0 Å². The van der Waals surface area contributed by atoms with Gasteiger partial charge in [-0.05, 0) is 44.0 Å². The largest absolute Gasteiger partial charge is 0.349 e. The number of carbonyl (C=O) groups is 1. The van der Waals surface area contributed by atoms with Gasteiger partial charge in [0.25, 0.3) is 5.91 Å². The van der Waals surface area contributed by atoms with Crippen LogP contribution in [0.25, 0.3) is 0 Å². The summed E-state index contributed by atoms with van der Waals surface area (Å²) in [6.07, 6.45) is 1.40. The van der Waals surface area contributed by atoms with Gasteiger partial charge in [-0.2, -0.15) is 0 Å². The van der Waals surface area contributed by atoms with Gasteiger partial charge in [0, 0.05) is 6.04 Å². The molecule has 6 nitrogen and oxygen atoms in total. The zero-order valence-electron chi connectivity index (χ0n) is 13.6. The minimum absolute atomic E-state index is 0.0360. The van der Waals surface area contributed by atoms with Gasteiger partial charge in [-0.1, -0.05) is 26.0 Å². The summed E-state index contributed by atoms with van der Waals surface area (Å²) in [6, 6.07) is 6.81. The van der Waals surface area contributed by atoms with E-state index >= 15 is 0 Å². The monoisotopic (exact) mass is 339 g/mol. The molecule has 0 aliphatic carbocycles. The number of hydrogen-bond acceptors (Lipinski definition) is 4. The fourth-order valence-electron chi connectivity index (χ4n) is 2.73. The lowest BCUT2D eigenvalue weighted by molar-refractivity contribution is 0.0915. The third kappa shape index (κ3) is 4.94. The highest BCUT2D eigenvalue weighted by Gasteiger charge is 2.24. The Balaban J connectivity index is 2.14. The minimum Gasteiger partial charge on any atom is -0.349 e. The van der Waals surface area contributed by atoms with Gasteiger partial charge < -0.3 is 10.6 Å². The van der Waals surface area contributed by atoms with E-state index in [2.05, 4.69) is 22.3 Å². The number of nitrogens with one attached hydrogen (secondary N) is 3. The molecule has 1 aliphatic rings. The van der Waals surface area contributed by atoms with Crippen LogP contribution in [0.4, 0.5) is 5.69 Å². The van der Waals surface area contributed by atoms with Crippen molar-refractivity contribution in [2.24, 2.45) is 5.92 Å². The number of carbonyl (C=O) groups excluding carboxylic acids is 1.